The second-order valence-electron chi connectivity index (χ2n) is 4.66. The van der Waals surface area contributed by atoms with Gasteiger partial charge in [-0.1, -0.05) is 12.1 Å². The average molecular weight is 173 g/mol. The van der Waals surface area contributed by atoms with Gasteiger partial charge in [-0.05, 0) is 37.0 Å². The van der Waals surface area contributed by atoms with E-state index in [0.29, 0.717) is 5.41 Å². The SMILES string of the molecule is Cc1ccc2c(c1)N(C)CC21CC1. The molecule has 1 aliphatic carbocycles. The molecule has 1 saturated carbocycles. The van der Waals surface area contributed by atoms with Gasteiger partial charge in [0, 0.05) is 24.7 Å². The Balaban J connectivity index is 2.19. The van der Waals surface area contributed by atoms with E-state index in [-0.39, 0.29) is 0 Å². The van der Waals surface area contributed by atoms with Crippen LogP contribution in [0.15, 0.2) is 18.2 Å². The fraction of sp³-hybridized carbons (Fsp3) is 0.500. The van der Waals surface area contributed by atoms with Crippen LogP contribution >= 0.6 is 0 Å². The van der Waals surface area contributed by atoms with E-state index in [0.717, 1.165) is 0 Å². The van der Waals surface area contributed by atoms with Gasteiger partial charge in [0.25, 0.3) is 0 Å². The molecule has 1 aromatic carbocycles. The quantitative estimate of drug-likeness (QED) is 0.582. The molecule has 1 fully saturated rings. The smallest absolute Gasteiger partial charge is 0.0405 e. The minimum Gasteiger partial charge on any atom is -0.373 e. The molecule has 0 N–H and O–H groups in total. The van der Waals surface area contributed by atoms with Crippen LogP contribution in [0, 0.1) is 6.92 Å². The summed E-state index contributed by atoms with van der Waals surface area (Å²) in [4.78, 5) is 2.41. The predicted octanol–water partition coefficient (Wildman–Crippen LogP) is 2.48. The van der Waals surface area contributed by atoms with E-state index < -0.39 is 0 Å². The number of aryl methyl sites for hydroxylation is 1. The van der Waals surface area contributed by atoms with E-state index in [1.54, 1.807) is 5.56 Å². The number of rotatable bonds is 0. The van der Waals surface area contributed by atoms with Gasteiger partial charge < -0.3 is 4.90 Å². The molecule has 1 aromatic rings. The van der Waals surface area contributed by atoms with Crippen LogP contribution in [0.5, 0.6) is 0 Å². The summed E-state index contributed by atoms with van der Waals surface area (Å²) in [6, 6.07) is 6.90. The molecule has 0 aromatic heterocycles. The average Bonchev–Trinajstić information content (AvgIpc) is 2.79. The molecule has 13 heavy (non-hydrogen) atoms. The van der Waals surface area contributed by atoms with E-state index in [1.807, 2.05) is 0 Å². The van der Waals surface area contributed by atoms with Crippen molar-refractivity contribution in [1.82, 2.24) is 0 Å². The molecular weight excluding hydrogens is 158 g/mol. The van der Waals surface area contributed by atoms with Gasteiger partial charge in [-0.25, -0.2) is 0 Å². The molecule has 1 nitrogen and oxygen atoms in total. The van der Waals surface area contributed by atoms with Crippen molar-refractivity contribution >= 4 is 5.69 Å². The summed E-state index contributed by atoms with van der Waals surface area (Å²) in [6.45, 7) is 3.41. The number of benzene rings is 1. The molecule has 68 valence electrons. The molecule has 1 spiro atoms. The zero-order chi connectivity index (χ0) is 9.05. The lowest BCUT2D eigenvalue weighted by molar-refractivity contribution is 0.731. The number of hydrogen-bond donors (Lipinski definition) is 0. The normalized spacial score (nSPS) is 22.2. The maximum Gasteiger partial charge on any atom is 0.0405 e. The zero-order valence-corrected chi connectivity index (χ0v) is 8.30. The number of nitrogens with zero attached hydrogens (tertiary/aromatic N) is 1. The van der Waals surface area contributed by atoms with Crippen LogP contribution in [-0.4, -0.2) is 13.6 Å². The van der Waals surface area contributed by atoms with E-state index in [9.17, 15) is 0 Å². The third-order valence-electron chi connectivity index (χ3n) is 3.53. The molecule has 1 aliphatic heterocycles. The fourth-order valence-corrected chi connectivity index (χ4v) is 2.61. The van der Waals surface area contributed by atoms with Crippen molar-refractivity contribution in [2.45, 2.75) is 25.2 Å². The minimum absolute atomic E-state index is 0.567. The lowest BCUT2D eigenvalue weighted by atomic mass is 9.98. The maximum atomic E-state index is 2.41. The van der Waals surface area contributed by atoms with Crippen LogP contribution < -0.4 is 4.90 Å². The highest BCUT2D eigenvalue weighted by atomic mass is 15.1. The van der Waals surface area contributed by atoms with Gasteiger partial charge in [0.1, 0.15) is 0 Å². The molecule has 1 heterocycles. The van der Waals surface area contributed by atoms with Gasteiger partial charge in [0.05, 0.1) is 0 Å². The van der Waals surface area contributed by atoms with Gasteiger partial charge >= 0.3 is 0 Å². The standard InChI is InChI=1S/C12H15N/c1-9-3-4-10-11(7-9)13(2)8-12(10)5-6-12/h3-4,7H,5-6,8H2,1-2H3. The first-order valence-electron chi connectivity index (χ1n) is 5.04. The molecular formula is C12H15N. The van der Waals surface area contributed by atoms with E-state index in [4.69, 9.17) is 0 Å². The summed E-state index contributed by atoms with van der Waals surface area (Å²) in [5.74, 6) is 0. The third kappa shape index (κ3) is 0.874. The van der Waals surface area contributed by atoms with E-state index in [2.05, 4.69) is 37.1 Å². The minimum atomic E-state index is 0.567. The molecule has 0 amide bonds. The molecule has 2 aliphatic rings. The highest BCUT2D eigenvalue weighted by Crippen LogP contribution is 2.55. The van der Waals surface area contributed by atoms with Crippen molar-refractivity contribution in [3.63, 3.8) is 0 Å². The van der Waals surface area contributed by atoms with Crippen LogP contribution in [0.25, 0.3) is 0 Å². The summed E-state index contributed by atoms with van der Waals surface area (Å²) >= 11 is 0. The monoisotopic (exact) mass is 173 g/mol. The van der Waals surface area contributed by atoms with Crippen LogP contribution in [0.3, 0.4) is 0 Å². The van der Waals surface area contributed by atoms with Crippen molar-refractivity contribution in [3.05, 3.63) is 29.3 Å². The first-order chi connectivity index (χ1) is 6.21. The second-order valence-corrected chi connectivity index (χ2v) is 4.66. The predicted molar refractivity (Wildman–Crippen MR) is 55.4 cm³/mol. The Bertz CT molecular complexity index is 363. The molecule has 0 radical (unpaired) electrons. The highest BCUT2D eigenvalue weighted by molar-refractivity contribution is 5.65. The van der Waals surface area contributed by atoms with E-state index in [1.165, 1.54) is 30.6 Å². The second kappa shape index (κ2) is 2.09. The highest BCUT2D eigenvalue weighted by Gasteiger charge is 2.50. The van der Waals surface area contributed by atoms with Crippen LogP contribution in [0.1, 0.15) is 24.0 Å². The lowest BCUT2D eigenvalue weighted by Gasteiger charge is -2.11. The number of anilines is 1. The summed E-state index contributed by atoms with van der Waals surface area (Å²) in [6.07, 6.45) is 2.79. The Kier molecular flexibility index (Phi) is 1.19. The van der Waals surface area contributed by atoms with Gasteiger partial charge in [0.2, 0.25) is 0 Å². The summed E-state index contributed by atoms with van der Waals surface area (Å²) < 4.78 is 0. The Morgan fingerprint density at radius 1 is 1.31 bits per heavy atom. The van der Waals surface area contributed by atoms with Gasteiger partial charge in [-0.15, -0.1) is 0 Å². The first-order valence-corrected chi connectivity index (χ1v) is 5.04. The fourth-order valence-electron chi connectivity index (χ4n) is 2.61. The lowest BCUT2D eigenvalue weighted by Crippen LogP contribution is -2.18. The third-order valence-corrected chi connectivity index (χ3v) is 3.53. The zero-order valence-electron chi connectivity index (χ0n) is 8.30. The molecule has 3 rings (SSSR count). The maximum absolute atomic E-state index is 2.41. The number of hydrogen-bond acceptors (Lipinski definition) is 1. The van der Waals surface area contributed by atoms with Gasteiger partial charge in [-0.2, -0.15) is 0 Å². The van der Waals surface area contributed by atoms with Gasteiger partial charge in [-0.3, -0.25) is 0 Å². The molecule has 0 atom stereocenters. The Labute approximate surface area is 79.4 Å². The summed E-state index contributed by atoms with van der Waals surface area (Å²) in [5, 5.41) is 0. The van der Waals surface area contributed by atoms with Crippen LogP contribution in [0.4, 0.5) is 5.69 Å². The Morgan fingerprint density at radius 2 is 2.08 bits per heavy atom. The largest absolute Gasteiger partial charge is 0.373 e. The number of likely N-dealkylation sites (N-methyl/N-ethyl adjacent to an activating group) is 1. The first kappa shape index (κ1) is 7.43. The number of fused-ring (bicyclic) bond motifs is 2. The molecule has 0 bridgehead atoms. The van der Waals surface area contributed by atoms with Crippen LogP contribution in [-0.2, 0) is 5.41 Å². The Morgan fingerprint density at radius 3 is 2.77 bits per heavy atom. The Hall–Kier alpha value is -0.980. The summed E-state index contributed by atoms with van der Waals surface area (Å²) in [7, 11) is 2.21. The molecule has 1 heteroatoms. The van der Waals surface area contributed by atoms with Crippen molar-refractivity contribution in [2.75, 3.05) is 18.5 Å². The van der Waals surface area contributed by atoms with Crippen LogP contribution in [0.2, 0.25) is 0 Å². The van der Waals surface area contributed by atoms with E-state index >= 15 is 0 Å². The van der Waals surface area contributed by atoms with Crippen molar-refractivity contribution in [1.29, 1.82) is 0 Å². The molecule has 0 unspecified atom stereocenters. The van der Waals surface area contributed by atoms with Crippen molar-refractivity contribution in [3.8, 4) is 0 Å². The van der Waals surface area contributed by atoms with Crippen molar-refractivity contribution < 1.29 is 0 Å². The van der Waals surface area contributed by atoms with Crippen molar-refractivity contribution in [2.24, 2.45) is 0 Å². The topological polar surface area (TPSA) is 3.24 Å². The van der Waals surface area contributed by atoms with Gasteiger partial charge in [0.15, 0.2) is 0 Å². The summed E-state index contributed by atoms with van der Waals surface area (Å²) in [5.41, 5.74) is 5.01. The molecule has 0 saturated heterocycles.